The maximum atomic E-state index is 10.6. The maximum absolute atomic E-state index is 10.6. The van der Waals surface area contributed by atoms with Crippen molar-refractivity contribution in [2.75, 3.05) is 0 Å². The van der Waals surface area contributed by atoms with Crippen molar-refractivity contribution < 1.29 is 5.11 Å². The van der Waals surface area contributed by atoms with Crippen LogP contribution in [0, 0.1) is 34.5 Å². The average Bonchev–Trinajstić information content (AvgIpc) is 2.84. The SMILES string of the molecule is CC=C1CC[C@H]2[C@@H]3CCC4CC(C)(O)CC[C@]4(C)[C@H]3CC[C@]12C. The summed E-state index contributed by atoms with van der Waals surface area (Å²) in [6.07, 6.45) is 14.2. The maximum Gasteiger partial charge on any atom is 0.0622 e. The molecular formula is C22H36O. The standard InChI is InChI=1S/C22H36O/c1-5-15-7-9-18-17-8-6-16-14-20(2,23)12-13-22(16,4)19(17)10-11-21(15,18)3/h5,16-19,23H,6-14H2,1-4H3/t16?,17-,18-,19-,20?,21+,22-/m0/s1. The molecule has 4 aliphatic rings. The molecule has 4 fully saturated rings. The zero-order valence-corrected chi connectivity index (χ0v) is 15.7. The Morgan fingerprint density at radius 2 is 1.74 bits per heavy atom. The number of hydrogen-bond acceptors (Lipinski definition) is 1. The van der Waals surface area contributed by atoms with Crippen molar-refractivity contribution in [1.82, 2.24) is 0 Å². The smallest absolute Gasteiger partial charge is 0.0622 e. The van der Waals surface area contributed by atoms with E-state index in [1.807, 2.05) is 0 Å². The second-order valence-electron chi connectivity index (χ2n) is 10.2. The molecule has 0 saturated heterocycles. The van der Waals surface area contributed by atoms with Crippen molar-refractivity contribution in [2.45, 2.75) is 91.1 Å². The van der Waals surface area contributed by atoms with E-state index in [1.54, 1.807) is 5.57 Å². The molecule has 130 valence electrons. The minimum Gasteiger partial charge on any atom is -0.390 e. The van der Waals surface area contributed by atoms with Crippen LogP contribution in [0.3, 0.4) is 0 Å². The van der Waals surface area contributed by atoms with Crippen LogP contribution in [0.4, 0.5) is 0 Å². The van der Waals surface area contributed by atoms with Crippen LogP contribution < -0.4 is 0 Å². The van der Waals surface area contributed by atoms with Gasteiger partial charge in [-0.3, -0.25) is 0 Å². The molecule has 0 radical (unpaired) electrons. The third-order valence-electron chi connectivity index (χ3n) is 9.15. The van der Waals surface area contributed by atoms with Crippen LogP contribution in [0.5, 0.6) is 0 Å². The predicted octanol–water partition coefficient (Wildman–Crippen LogP) is 5.73. The summed E-state index contributed by atoms with van der Waals surface area (Å²) in [6.45, 7) is 9.51. The minimum atomic E-state index is -0.397. The van der Waals surface area contributed by atoms with Gasteiger partial charge in [-0.1, -0.05) is 25.5 Å². The Labute approximate surface area is 142 Å². The number of allylic oxidation sites excluding steroid dienone is 2. The third kappa shape index (κ3) is 2.21. The number of rotatable bonds is 0. The van der Waals surface area contributed by atoms with Crippen LogP contribution >= 0.6 is 0 Å². The monoisotopic (exact) mass is 316 g/mol. The summed E-state index contributed by atoms with van der Waals surface area (Å²) in [5.41, 5.74) is 2.38. The quantitative estimate of drug-likeness (QED) is 0.566. The molecule has 1 nitrogen and oxygen atoms in total. The van der Waals surface area contributed by atoms with E-state index in [4.69, 9.17) is 0 Å². The Kier molecular flexibility index (Phi) is 3.59. The molecule has 0 spiro atoms. The summed E-state index contributed by atoms with van der Waals surface area (Å²) in [4.78, 5) is 0. The normalized spacial score (nSPS) is 57.7. The fourth-order valence-electron chi connectivity index (χ4n) is 7.75. The van der Waals surface area contributed by atoms with Gasteiger partial charge in [-0.05, 0) is 106 Å². The zero-order chi connectivity index (χ0) is 16.5. The lowest BCUT2D eigenvalue weighted by Crippen LogP contribution is -2.55. The van der Waals surface area contributed by atoms with E-state index >= 15 is 0 Å². The first-order valence-corrected chi connectivity index (χ1v) is 10.2. The molecule has 7 atom stereocenters. The zero-order valence-electron chi connectivity index (χ0n) is 15.7. The third-order valence-corrected chi connectivity index (χ3v) is 9.15. The topological polar surface area (TPSA) is 20.2 Å². The van der Waals surface area contributed by atoms with Gasteiger partial charge in [0.2, 0.25) is 0 Å². The molecule has 0 aromatic heterocycles. The molecule has 4 rings (SSSR count). The Hall–Kier alpha value is -0.300. The second kappa shape index (κ2) is 5.10. The van der Waals surface area contributed by atoms with E-state index in [9.17, 15) is 5.11 Å². The van der Waals surface area contributed by atoms with Crippen LogP contribution in [-0.4, -0.2) is 10.7 Å². The van der Waals surface area contributed by atoms with Gasteiger partial charge in [-0.25, -0.2) is 0 Å². The summed E-state index contributed by atoms with van der Waals surface area (Å²) >= 11 is 0. The molecule has 1 N–H and O–H groups in total. The van der Waals surface area contributed by atoms with Crippen molar-refractivity contribution in [2.24, 2.45) is 34.5 Å². The first-order chi connectivity index (χ1) is 10.8. The van der Waals surface area contributed by atoms with Gasteiger partial charge in [0.1, 0.15) is 0 Å². The van der Waals surface area contributed by atoms with E-state index < -0.39 is 5.60 Å². The average molecular weight is 317 g/mol. The summed E-state index contributed by atoms with van der Waals surface area (Å²) in [5, 5.41) is 10.6. The minimum absolute atomic E-state index is 0.397. The first kappa shape index (κ1) is 16.2. The fourth-order valence-corrected chi connectivity index (χ4v) is 7.75. The molecular weight excluding hydrogens is 280 g/mol. The van der Waals surface area contributed by atoms with Gasteiger partial charge < -0.3 is 5.11 Å². The van der Waals surface area contributed by atoms with Gasteiger partial charge in [0.15, 0.2) is 0 Å². The molecule has 23 heavy (non-hydrogen) atoms. The van der Waals surface area contributed by atoms with Crippen LogP contribution in [0.25, 0.3) is 0 Å². The van der Waals surface area contributed by atoms with Crippen LogP contribution in [0.15, 0.2) is 11.6 Å². The highest BCUT2D eigenvalue weighted by atomic mass is 16.3. The van der Waals surface area contributed by atoms with E-state index in [0.29, 0.717) is 10.8 Å². The molecule has 0 aromatic carbocycles. The van der Waals surface area contributed by atoms with Gasteiger partial charge in [-0.15, -0.1) is 0 Å². The Bertz CT molecular complexity index is 518. The lowest BCUT2D eigenvalue weighted by Gasteiger charge is -2.61. The summed E-state index contributed by atoms with van der Waals surface area (Å²) in [6, 6.07) is 0. The lowest BCUT2D eigenvalue weighted by atomic mass is 9.44. The number of aliphatic hydroxyl groups is 1. The van der Waals surface area contributed by atoms with Gasteiger partial charge >= 0.3 is 0 Å². The number of hydrogen-bond donors (Lipinski definition) is 1. The van der Waals surface area contributed by atoms with Crippen LogP contribution in [0.2, 0.25) is 0 Å². The second-order valence-corrected chi connectivity index (χ2v) is 10.2. The summed E-state index contributed by atoms with van der Waals surface area (Å²) in [5.74, 6) is 3.58. The van der Waals surface area contributed by atoms with E-state index in [1.165, 1.54) is 44.9 Å². The highest BCUT2D eigenvalue weighted by molar-refractivity contribution is 5.23. The van der Waals surface area contributed by atoms with E-state index in [2.05, 4.69) is 33.8 Å². The summed E-state index contributed by atoms with van der Waals surface area (Å²) in [7, 11) is 0. The number of fused-ring (bicyclic) bond motifs is 5. The molecule has 2 unspecified atom stereocenters. The molecule has 0 aliphatic heterocycles. The highest BCUT2D eigenvalue weighted by Crippen LogP contribution is 2.67. The van der Waals surface area contributed by atoms with E-state index in [-0.39, 0.29) is 0 Å². The van der Waals surface area contributed by atoms with Crippen molar-refractivity contribution in [3.63, 3.8) is 0 Å². The van der Waals surface area contributed by atoms with Gasteiger partial charge in [0.25, 0.3) is 0 Å². The Morgan fingerprint density at radius 1 is 0.957 bits per heavy atom. The van der Waals surface area contributed by atoms with Crippen LogP contribution in [-0.2, 0) is 0 Å². The molecule has 4 aliphatic carbocycles. The van der Waals surface area contributed by atoms with Crippen molar-refractivity contribution in [3.05, 3.63) is 11.6 Å². The summed E-state index contributed by atoms with van der Waals surface area (Å²) < 4.78 is 0. The molecule has 0 amide bonds. The molecule has 4 saturated carbocycles. The molecule has 0 bridgehead atoms. The molecule has 0 aromatic rings. The van der Waals surface area contributed by atoms with Gasteiger partial charge in [0.05, 0.1) is 5.60 Å². The van der Waals surface area contributed by atoms with E-state index in [0.717, 1.165) is 36.5 Å². The van der Waals surface area contributed by atoms with Gasteiger partial charge in [-0.2, -0.15) is 0 Å². The molecule has 1 heteroatoms. The van der Waals surface area contributed by atoms with Crippen molar-refractivity contribution in [3.8, 4) is 0 Å². The highest BCUT2D eigenvalue weighted by Gasteiger charge is 2.59. The lowest BCUT2D eigenvalue weighted by molar-refractivity contribution is -0.139. The first-order valence-electron chi connectivity index (χ1n) is 10.2. The van der Waals surface area contributed by atoms with Crippen LogP contribution in [0.1, 0.15) is 85.5 Å². The Morgan fingerprint density at radius 3 is 2.48 bits per heavy atom. The fraction of sp³-hybridized carbons (Fsp3) is 0.909. The Balaban J connectivity index is 1.63. The predicted molar refractivity (Wildman–Crippen MR) is 96.1 cm³/mol. The van der Waals surface area contributed by atoms with Gasteiger partial charge in [0, 0.05) is 0 Å². The molecule has 0 heterocycles. The van der Waals surface area contributed by atoms with Crippen molar-refractivity contribution in [1.29, 1.82) is 0 Å². The largest absolute Gasteiger partial charge is 0.390 e. The van der Waals surface area contributed by atoms with Crippen molar-refractivity contribution >= 4 is 0 Å².